The number of rotatable bonds is 3. The number of piperidine rings is 1. The van der Waals surface area contributed by atoms with Crippen LogP contribution in [0.5, 0.6) is 0 Å². The largest absolute Gasteiger partial charge is 0.271 e. The van der Waals surface area contributed by atoms with Gasteiger partial charge in [-0.25, -0.2) is 8.42 Å². The second-order valence-electron chi connectivity index (χ2n) is 5.06. The van der Waals surface area contributed by atoms with Gasteiger partial charge in [-0.05, 0) is 46.3 Å². The summed E-state index contributed by atoms with van der Waals surface area (Å²) in [5.41, 5.74) is 0.950. The molecule has 2 aromatic rings. The van der Waals surface area contributed by atoms with Gasteiger partial charge in [0, 0.05) is 24.3 Å². The van der Waals surface area contributed by atoms with E-state index in [1.807, 2.05) is 13.1 Å². The predicted octanol–water partition coefficient (Wildman–Crippen LogP) is 3.16. The van der Waals surface area contributed by atoms with Crippen LogP contribution in [-0.4, -0.2) is 29.0 Å². The molecule has 0 aliphatic carbocycles. The molecule has 0 saturated carbocycles. The van der Waals surface area contributed by atoms with Crippen molar-refractivity contribution in [3.05, 3.63) is 33.9 Å². The molecule has 3 rings (SSSR count). The topological polar surface area (TPSA) is 55.2 Å². The lowest BCUT2D eigenvalue weighted by atomic mass is 10.0. The summed E-state index contributed by atoms with van der Waals surface area (Å²) in [4.78, 5) is 0. The first-order chi connectivity index (χ1) is 10.0. The number of nitrogens with zero attached hydrogens (tertiary/aromatic N) is 3. The Kier molecular flexibility index (Phi) is 4.22. The van der Waals surface area contributed by atoms with E-state index in [-0.39, 0.29) is 6.04 Å². The first-order valence-electron chi connectivity index (χ1n) is 6.74. The van der Waals surface area contributed by atoms with Crippen LogP contribution in [0.15, 0.2) is 32.4 Å². The summed E-state index contributed by atoms with van der Waals surface area (Å²) in [6.45, 7) is 0.558. The van der Waals surface area contributed by atoms with Gasteiger partial charge in [0.25, 0.3) is 10.0 Å². The molecule has 114 valence electrons. The Morgan fingerprint density at radius 3 is 2.81 bits per heavy atom. The summed E-state index contributed by atoms with van der Waals surface area (Å²) in [7, 11) is -1.62. The van der Waals surface area contributed by atoms with Crippen LogP contribution in [0.4, 0.5) is 0 Å². The summed E-state index contributed by atoms with van der Waals surface area (Å²) < 4.78 is 30.3. The van der Waals surface area contributed by atoms with Gasteiger partial charge in [-0.2, -0.15) is 9.40 Å². The molecule has 0 bridgehead atoms. The number of thiophene rings is 1. The zero-order valence-corrected chi connectivity index (χ0v) is 14.8. The molecule has 0 unspecified atom stereocenters. The van der Waals surface area contributed by atoms with Crippen molar-refractivity contribution in [1.29, 1.82) is 0 Å². The lowest BCUT2D eigenvalue weighted by molar-refractivity contribution is 0.246. The van der Waals surface area contributed by atoms with E-state index in [9.17, 15) is 8.42 Å². The predicted molar refractivity (Wildman–Crippen MR) is 85.7 cm³/mol. The highest BCUT2D eigenvalue weighted by Gasteiger charge is 2.37. The summed E-state index contributed by atoms with van der Waals surface area (Å²) in [5.74, 6) is 0. The second kappa shape index (κ2) is 5.83. The third kappa shape index (κ3) is 2.69. The van der Waals surface area contributed by atoms with Crippen molar-refractivity contribution in [2.24, 2.45) is 7.05 Å². The quantitative estimate of drug-likeness (QED) is 0.809. The molecule has 1 aliphatic rings. The molecule has 1 saturated heterocycles. The Labute approximate surface area is 136 Å². The van der Waals surface area contributed by atoms with Gasteiger partial charge < -0.3 is 0 Å². The molecule has 21 heavy (non-hydrogen) atoms. The Bertz CT molecular complexity index is 738. The zero-order chi connectivity index (χ0) is 15.0. The van der Waals surface area contributed by atoms with Crippen LogP contribution < -0.4 is 0 Å². The molecule has 1 fully saturated rings. The van der Waals surface area contributed by atoms with Crippen molar-refractivity contribution >= 4 is 37.3 Å². The Hall–Kier alpha value is -0.700. The minimum atomic E-state index is -3.48. The van der Waals surface area contributed by atoms with Gasteiger partial charge in [0.05, 0.1) is 11.7 Å². The van der Waals surface area contributed by atoms with Gasteiger partial charge in [-0.15, -0.1) is 11.3 Å². The lowest BCUT2D eigenvalue weighted by Crippen LogP contribution is -2.39. The number of hydrogen-bond acceptors (Lipinski definition) is 4. The Morgan fingerprint density at radius 1 is 1.38 bits per heavy atom. The molecular weight excluding hydrogens is 374 g/mol. The molecule has 2 aromatic heterocycles. The van der Waals surface area contributed by atoms with Crippen LogP contribution in [0.1, 0.15) is 31.0 Å². The van der Waals surface area contributed by atoms with E-state index in [0.29, 0.717) is 15.2 Å². The number of hydrogen-bond donors (Lipinski definition) is 0. The van der Waals surface area contributed by atoms with Gasteiger partial charge >= 0.3 is 0 Å². The van der Waals surface area contributed by atoms with E-state index in [4.69, 9.17) is 0 Å². The molecule has 1 aliphatic heterocycles. The maximum Gasteiger partial charge on any atom is 0.254 e. The van der Waals surface area contributed by atoms with Crippen molar-refractivity contribution in [2.75, 3.05) is 6.54 Å². The van der Waals surface area contributed by atoms with Crippen molar-refractivity contribution < 1.29 is 8.42 Å². The van der Waals surface area contributed by atoms with E-state index in [2.05, 4.69) is 21.0 Å². The fourth-order valence-corrected chi connectivity index (χ4v) is 6.86. The molecule has 0 spiro atoms. The van der Waals surface area contributed by atoms with Crippen LogP contribution >= 0.6 is 27.3 Å². The lowest BCUT2D eigenvalue weighted by Gasteiger charge is -2.34. The minimum Gasteiger partial charge on any atom is -0.271 e. The van der Waals surface area contributed by atoms with E-state index in [1.54, 1.807) is 26.6 Å². The minimum absolute atomic E-state index is 0.134. The fraction of sp³-hybridized carbons (Fsp3) is 0.462. The smallest absolute Gasteiger partial charge is 0.254 e. The molecule has 0 aromatic carbocycles. The molecule has 0 N–H and O–H groups in total. The average Bonchev–Trinajstić information content (AvgIpc) is 3.07. The van der Waals surface area contributed by atoms with E-state index in [0.717, 1.165) is 25.0 Å². The fourth-order valence-electron chi connectivity index (χ4n) is 2.77. The first-order valence-corrected chi connectivity index (χ1v) is 9.86. The van der Waals surface area contributed by atoms with E-state index in [1.165, 1.54) is 11.3 Å². The normalized spacial score (nSPS) is 20.8. The molecule has 8 heteroatoms. The maximum absolute atomic E-state index is 13.0. The summed E-state index contributed by atoms with van der Waals surface area (Å²) in [6.07, 6.45) is 4.49. The number of aryl methyl sites for hydroxylation is 1. The number of sulfonamides is 1. The number of aromatic nitrogens is 2. The van der Waals surface area contributed by atoms with E-state index < -0.39 is 10.0 Å². The molecular formula is C13H16BrN3O2S2. The molecule has 0 amide bonds. The average molecular weight is 390 g/mol. The van der Waals surface area contributed by atoms with Crippen molar-refractivity contribution in [1.82, 2.24) is 14.1 Å². The molecule has 5 nitrogen and oxygen atoms in total. The first kappa shape index (κ1) is 15.2. The third-order valence-corrected chi connectivity index (χ3v) is 8.34. The standard InChI is InChI=1S/C13H16BrN3O2S2/c1-16-11(5-7-15-16)12-4-2-3-8-17(12)21(18,19)13-10(14)6-9-20-13/h5-7,9,12H,2-4,8H2,1H3/t12-/m0/s1. The van der Waals surface area contributed by atoms with Gasteiger partial charge in [0.15, 0.2) is 0 Å². The molecule has 3 heterocycles. The summed E-state index contributed by atoms with van der Waals surface area (Å²) >= 11 is 4.59. The van der Waals surface area contributed by atoms with Crippen LogP contribution in [0, 0.1) is 0 Å². The van der Waals surface area contributed by atoms with E-state index >= 15 is 0 Å². The van der Waals surface area contributed by atoms with Crippen LogP contribution in [0.25, 0.3) is 0 Å². The Morgan fingerprint density at radius 2 is 2.19 bits per heavy atom. The third-order valence-electron chi connectivity index (χ3n) is 3.78. The van der Waals surface area contributed by atoms with Crippen LogP contribution in [0.2, 0.25) is 0 Å². The van der Waals surface area contributed by atoms with Crippen LogP contribution in [0.3, 0.4) is 0 Å². The van der Waals surface area contributed by atoms with Crippen molar-refractivity contribution in [3.8, 4) is 0 Å². The summed E-state index contributed by atoms with van der Waals surface area (Å²) in [5, 5.41) is 5.97. The van der Waals surface area contributed by atoms with Gasteiger partial charge in [0.2, 0.25) is 0 Å². The molecule has 1 atom stereocenters. The van der Waals surface area contributed by atoms with Crippen LogP contribution in [-0.2, 0) is 17.1 Å². The van der Waals surface area contributed by atoms with Gasteiger partial charge in [0.1, 0.15) is 4.21 Å². The van der Waals surface area contributed by atoms with Crippen molar-refractivity contribution in [3.63, 3.8) is 0 Å². The Balaban J connectivity index is 2.03. The van der Waals surface area contributed by atoms with Gasteiger partial charge in [-0.3, -0.25) is 4.68 Å². The van der Waals surface area contributed by atoms with Gasteiger partial charge in [-0.1, -0.05) is 6.42 Å². The number of halogens is 1. The van der Waals surface area contributed by atoms with Crippen molar-refractivity contribution in [2.45, 2.75) is 29.5 Å². The monoisotopic (exact) mass is 389 g/mol. The SMILES string of the molecule is Cn1nccc1[C@@H]1CCCCN1S(=O)(=O)c1sccc1Br. The second-order valence-corrected chi connectivity index (χ2v) is 8.92. The maximum atomic E-state index is 13.0. The molecule has 0 radical (unpaired) electrons. The highest BCUT2D eigenvalue weighted by atomic mass is 79.9. The highest BCUT2D eigenvalue weighted by Crippen LogP contribution is 2.38. The zero-order valence-electron chi connectivity index (χ0n) is 11.6. The highest BCUT2D eigenvalue weighted by molar-refractivity contribution is 9.10. The summed E-state index contributed by atoms with van der Waals surface area (Å²) in [6, 6.07) is 3.55.